The van der Waals surface area contributed by atoms with Gasteiger partial charge >= 0.3 is 5.97 Å². The molecule has 2 fully saturated rings. The van der Waals surface area contributed by atoms with E-state index >= 15 is 0 Å². The quantitative estimate of drug-likeness (QED) is 0.773. The van der Waals surface area contributed by atoms with Gasteiger partial charge in [-0.05, 0) is 52.6 Å². The maximum Gasteiger partial charge on any atom is 0.323 e. The third-order valence-corrected chi connectivity index (χ3v) is 5.05. The molecule has 0 aromatic carbocycles. The van der Waals surface area contributed by atoms with Gasteiger partial charge in [0, 0.05) is 18.7 Å². The van der Waals surface area contributed by atoms with E-state index in [1.54, 1.807) is 0 Å². The Morgan fingerprint density at radius 3 is 2.80 bits per heavy atom. The molecule has 0 radical (unpaired) electrons. The molecule has 5 nitrogen and oxygen atoms in total. The van der Waals surface area contributed by atoms with Crippen LogP contribution in [0.2, 0.25) is 0 Å². The molecule has 2 aliphatic rings. The molecular formula is C15H28N2O3. The lowest BCUT2D eigenvalue weighted by molar-refractivity contribution is -0.144. The van der Waals surface area contributed by atoms with Crippen molar-refractivity contribution in [2.24, 2.45) is 0 Å². The largest absolute Gasteiger partial charge is 0.480 e. The highest BCUT2D eigenvalue weighted by atomic mass is 16.5. The van der Waals surface area contributed by atoms with E-state index in [-0.39, 0.29) is 6.10 Å². The topological polar surface area (TPSA) is 61.8 Å². The fraction of sp³-hybridized carbons (Fsp3) is 0.933. The van der Waals surface area contributed by atoms with E-state index in [1.165, 1.54) is 0 Å². The molecule has 0 aromatic heterocycles. The molecule has 0 amide bonds. The minimum Gasteiger partial charge on any atom is -0.480 e. The average molecular weight is 284 g/mol. The number of carboxylic acid groups (broad SMARTS) is 1. The summed E-state index contributed by atoms with van der Waals surface area (Å²) in [5.41, 5.74) is -0.725. The number of hydrogen-bond acceptors (Lipinski definition) is 4. The number of nitrogens with one attached hydrogen (secondary N) is 1. The minimum atomic E-state index is -0.725. The van der Waals surface area contributed by atoms with Crippen LogP contribution in [-0.2, 0) is 9.53 Å². The van der Waals surface area contributed by atoms with Crippen LogP contribution in [0.15, 0.2) is 0 Å². The van der Waals surface area contributed by atoms with Crippen molar-refractivity contribution in [1.29, 1.82) is 0 Å². The highest BCUT2D eigenvalue weighted by Gasteiger charge is 2.47. The van der Waals surface area contributed by atoms with E-state index in [4.69, 9.17) is 4.74 Å². The van der Waals surface area contributed by atoms with Crippen LogP contribution in [0.1, 0.15) is 46.0 Å². The maximum atomic E-state index is 11.7. The van der Waals surface area contributed by atoms with Gasteiger partial charge in [0.15, 0.2) is 0 Å². The Morgan fingerprint density at radius 1 is 1.50 bits per heavy atom. The standard InChI is InChI=1S/C15H28N2O3/c1-4-8-16-15(14(18)19)7-5-12(10-15)17(3)13-6-9-20-11(13)2/h11-13,16H,4-10H2,1-3H3,(H,18,19). The highest BCUT2D eigenvalue weighted by Crippen LogP contribution is 2.35. The summed E-state index contributed by atoms with van der Waals surface area (Å²) in [6, 6.07) is 0.764. The van der Waals surface area contributed by atoms with Crippen LogP contribution in [0.5, 0.6) is 0 Å². The van der Waals surface area contributed by atoms with Gasteiger partial charge in [-0.25, -0.2) is 0 Å². The van der Waals surface area contributed by atoms with Crippen LogP contribution in [-0.4, -0.2) is 59.9 Å². The first-order valence-corrected chi connectivity index (χ1v) is 7.82. The van der Waals surface area contributed by atoms with Gasteiger partial charge in [-0.3, -0.25) is 9.69 Å². The molecule has 1 aliphatic carbocycles. The van der Waals surface area contributed by atoms with E-state index in [0.29, 0.717) is 18.5 Å². The summed E-state index contributed by atoms with van der Waals surface area (Å²) in [7, 11) is 2.12. The molecule has 116 valence electrons. The van der Waals surface area contributed by atoms with Crippen molar-refractivity contribution in [1.82, 2.24) is 10.2 Å². The fourth-order valence-corrected chi connectivity index (χ4v) is 3.69. The molecule has 1 aliphatic heterocycles. The molecule has 0 aromatic rings. The van der Waals surface area contributed by atoms with E-state index in [9.17, 15) is 9.90 Å². The molecule has 0 spiro atoms. The summed E-state index contributed by atoms with van der Waals surface area (Å²) in [4.78, 5) is 14.0. The lowest BCUT2D eigenvalue weighted by Crippen LogP contribution is -2.52. The van der Waals surface area contributed by atoms with Crippen LogP contribution in [0.4, 0.5) is 0 Å². The van der Waals surface area contributed by atoms with E-state index in [2.05, 4.69) is 31.1 Å². The smallest absolute Gasteiger partial charge is 0.323 e. The second kappa shape index (κ2) is 6.41. The second-order valence-electron chi connectivity index (χ2n) is 6.31. The molecule has 1 heterocycles. The number of likely N-dealkylation sites (N-methyl/N-ethyl adjacent to an activating group) is 1. The van der Waals surface area contributed by atoms with Gasteiger partial charge in [-0.15, -0.1) is 0 Å². The Kier molecular flexibility index (Phi) is 5.04. The van der Waals surface area contributed by atoms with Gasteiger partial charge < -0.3 is 15.2 Å². The van der Waals surface area contributed by atoms with Crippen LogP contribution in [0, 0.1) is 0 Å². The maximum absolute atomic E-state index is 11.7. The van der Waals surface area contributed by atoms with Crippen molar-refractivity contribution < 1.29 is 14.6 Å². The van der Waals surface area contributed by atoms with Gasteiger partial charge in [-0.2, -0.15) is 0 Å². The van der Waals surface area contributed by atoms with E-state index in [0.717, 1.165) is 38.8 Å². The zero-order valence-corrected chi connectivity index (χ0v) is 12.9. The molecule has 4 atom stereocenters. The zero-order chi connectivity index (χ0) is 14.8. The van der Waals surface area contributed by atoms with Crippen molar-refractivity contribution in [2.45, 2.75) is 69.7 Å². The number of rotatable bonds is 6. The van der Waals surface area contributed by atoms with Crippen molar-refractivity contribution in [3.05, 3.63) is 0 Å². The SMILES string of the molecule is CCCNC1(C(=O)O)CCC(N(C)C2CCOC2C)C1. The molecular weight excluding hydrogens is 256 g/mol. The van der Waals surface area contributed by atoms with E-state index < -0.39 is 11.5 Å². The number of aliphatic carboxylic acids is 1. The second-order valence-corrected chi connectivity index (χ2v) is 6.31. The van der Waals surface area contributed by atoms with Crippen molar-refractivity contribution in [2.75, 3.05) is 20.2 Å². The summed E-state index contributed by atoms with van der Waals surface area (Å²) >= 11 is 0. The summed E-state index contributed by atoms with van der Waals surface area (Å²) < 4.78 is 5.64. The first kappa shape index (κ1) is 15.7. The zero-order valence-electron chi connectivity index (χ0n) is 12.9. The Morgan fingerprint density at radius 2 is 2.25 bits per heavy atom. The average Bonchev–Trinajstić information content (AvgIpc) is 3.03. The molecule has 2 rings (SSSR count). The van der Waals surface area contributed by atoms with Crippen LogP contribution in [0.25, 0.3) is 0 Å². The Bertz CT molecular complexity index is 350. The first-order chi connectivity index (χ1) is 9.50. The summed E-state index contributed by atoms with van der Waals surface area (Å²) in [5.74, 6) is -0.697. The van der Waals surface area contributed by atoms with Crippen LogP contribution < -0.4 is 5.32 Å². The van der Waals surface area contributed by atoms with Crippen molar-refractivity contribution >= 4 is 5.97 Å². The molecule has 1 saturated carbocycles. The fourth-order valence-electron chi connectivity index (χ4n) is 3.69. The number of ether oxygens (including phenoxy) is 1. The third-order valence-electron chi connectivity index (χ3n) is 5.05. The number of hydrogen-bond donors (Lipinski definition) is 2. The molecule has 0 bridgehead atoms. The Labute approximate surface area is 121 Å². The van der Waals surface area contributed by atoms with Gasteiger partial charge in [0.1, 0.15) is 5.54 Å². The molecule has 5 heteroatoms. The van der Waals surface area contributed by atoms with Crippen molar-refractivity contribution in [3.63, 3.8) is 0 Å². The van der Waals surface area contributed by atoms with Crippen LogP contribution >= 0.6 is 0 Å². The van der Waals surface area contributed by atoms with E-state index in [1.807, 2.05) is 0 Å². The van der Waals surface area contributed by atoms with Crippen molar-refractivity contribution in [3.8, 4) is 0 Å². The predicted molar refractivity (Wildman–Crippen MR) is 77.9 cm³/mol. The third kappa shape index (κ3) is 3.00. The lowest BCUT2D eigenvalue weighted by Gasteiger charge is -2.33. The van der Waals surface area contributed by atoms with Gasteiger partial charge in [0.05, 0.1) is 6.10 Å². The molecule has 4 unspecified atom stereocenters. The van der Waals surface area contributed by atoms with Gasteiger partial charge in [0.25, 0.3) is 0 Å². The van der Waals surface area contributed by atoms with Gasteiger partial charge in [0.2, 0.25) is 0 Å². The Hall–Kier alpha value is -0.650. The minimum absolute atomic E-state index is 0.253. The molecule has 2 N–H and O–H groups in total. The number of carboxylic acids is 1. The highest BCUT2D eigenvalue weighted by molar-refractivity contribution is 5.79. The number of carbonyl (C=O) groups is 1. The lowest BCUT2D eigenvalue weighted by atomic mass is 9.96. The number of nitrogens with zero attached hydrogens (tertiary/aromatic N) is 1. The summed E-state index contributed by atoms with van der Waals surface area (Å²) in [6.07, 6.45) is 4.63. The Balaban J connectivity index is 2.00. The van der Waals surface area contributed by atoms with Gasteiger partial charge in [-0.1, -0.05) is 6.92 Å². The summed E-state index contributed by atoms with van der Waals surface area (Å²) in [5, 5.41) is 12.9. The van der Waals surface area contributed by atoms with Crippen LogP contribution in [0.3, 0.4) is 0 Å². The first-order valence-electron chi connectivity index (χ1n) is 7.82. The monoisotopic (exact) mass is 284 g/mol. The molecule has 20 heavy (non-hydrogen) atoms. The normalized spacial score (nSPS) is 37.7. The predicted octanol–water partition coefficient (Wildman–Crippen LogP) is 1.47. The summed E-state index contributed by atoms with van der Waals surface area (Å²) in [6.45, 7) is 5.77. The molecule has 1 saturated heterocycles.